The van der Waals surface area contributed by atoms with Gasteiger partial charge in [-0.25, -0.2) is 4.98 Å². The Morgan fingerprint density at radius 1 is 1.09 bits per heavy atom. The molecule has 0 aliphatic rings. The molecule has 0 fully saturated rings. The molecule has 1 N–H and O–H groups in total. The molecule has 4 aromatic rings. The van der Waals surface area contributed by atoms with Crippen LogP contribution in [0, 0.1) is 24.0 Å². The van der Waals surface area contributed by atoms with Crippen molar-refractivity contribution in [3.63, 3.8) is 0 Å². The molecule has 0 saturated carbocycles. The number of carbonyl (C=O) groups excluding carboxylic acids is 1. The second-order valence-corrected chi connectivity index (χ2v) is 8.24. The molecule has 2 aromatic carbocycles. The Kier molecular flexibility index (Phi) is 6.28. The number of nitro benzene ring substituents is 1. The number of nitro groups is 1. The fourth-order valence-electron chi connectivity index (χ4n) is 3.34. The average molecular weight is 480 g/mol. The van der Waals surface area contributed by atoms with Crippen molar-refractivity contribution in [2.75, 3.05) is 19.5 Å². The number of thiazole rings is 1. The van der Waals surface area contributed by atoms with Gasteiger partial charge in [-0.05, 0) is 13.8 Å². The Balaban J connectivity index is 1.68. The van der Waals surface area contributed by atoms with E-state index >= 15 is 0 Å². The van der Waals surface area contributed by atoms with Gasteiger partial charge in [-0.2, -0.15) is 9.78 Å². The fourth-order valence-corrected chi connectivity index (χ4v) is 4.13. The van der Waals surface area contributed by atoms with E-state index in [4.69, 9.17) is 9.47 Å². The van der Waals surface area contributed by atoms with E-state index in [1.807, 2.05) is 36.6 Å². The van der Waals surface area contributed by atoms with Crippen LogP contribution in [0.15, 0.2) is 47.8 Å². The number of benzene rings is 2. The zero-order valence-corrected chi connectivity index (χ0v) is 19.7. The Labute approximate surface area is 198 Å². The Bertz CT molecular complexity index is 1380. The lowest BCUT2D eigenvalue weighted by Gasteiger charge is -2.11. The first-order valence-electron chi connectivity index (χ1n) is 10.1. The summed E-state index contributed by atoms with van der Waals surface area (Å²) in [7, 11) is 2.75. The van der Waals surface area contributed by atoms with Crippen LogP contribution in [0.2, 0.25) is 0 Å². The van der Waals surface area contributed by atoms with Crippen LogP contribution in [0.25, 0.3) is 16.4 Å². The molecule has 0 bridgehead atoms. The summed E-state index contributed by atoms with van der Waals surface area (Å²) in [4.78, 5) is 28.7. The van der Waals surface area contributed by atoms with E-state index in [0.29, 0.717) is 16.6 Å². The van der Waals surface area contributed by atoms with Crippen molar-refractivity contribution >= 4 is 28.7 Å². The summed E-state index contributed by atoms with van der Waals surface area (Å²) in [6, 6.07) is 12.1. The zero-order valence-electron chi connectivity index (χ0n) is 18.9. The lowest BCUT2D eigenvalue weighted by Crippen LogP contribution is -2.17. The first kappa shape index (κ1) is 22.9. The van der Waals surface area contributed by atoms with Gasteiger partial charge in [-0.3, -0.25) is 14.9 Å². The molecule has 11 heteroatoms. The van der Waals surface area contributed by atoms with E-state index in [-0.39, 0.29) is 17.1 Å². The number of methoxy groups -OCH3 is 2. The third-order valence-corrected chi connectivity index (χ3v) is 5.85. The molecule has 0 radical (unpaired) electrons. The summed E-state index contributed by atoms with van der Waals surface area (Å²) in [5, 5.41) is 21.2. The predicted molar refractivity (Wildman–Crippen MR) is 128 cm³/mol. The van der Waals surface area contributed by atoms with Crippen molar-refractivity contribution in [1.29, 1.82) is 0 Å². The van der Waals surface area contributed by atoms with Crippen LogP contribution < -0.4 is 14.8 Å². The van der Waals surface area contributed by atoms with Gasteiger partial charge in [-0.15, -0.1) is 11.3 Å². The first-order chi connectivity index (χ1) is 16.3. The number of hydrogen-bond donors (Lipinski definition) is 1. The predicted octanol–water partition coefficient (Wildman–Crippen LogP) is 4.79. The molecule has 34 heavy (non-hydrogen) atoms. The highest BCUT2D eigenvalue weighted by Gasteiger charge is 2.26. The molecule has 0 aliphatic heterocycles. The molecular formula is C23H21N5O5S. The number of hydrogen-bond acceptors (Lipinski definition) is 8. The van der Waals surface area contributed by atoms with Crippen LogP contribution in [0.5, 0.6) is 11.5 Å². The highest BCUT2D eigenvalue weighted by Crippen LogP contribution is 2.35. The molecular weight excluding hydrogens is 458 g/mol. The van der Waals surface area contributed by atoms with Gasteiger partial charge in [0.05, 0.1) is 36.6 Å². The summed E-state index contributed by atoms with van der Waals surface area (Å²) in [6.07, 6.45) is 0. The SMILES string of the molecule is COc1cc(C(=O)Nc2cc(C)nn2-c2nc(-c3ccc(C)cc3)cs2)c([N+](=O)[O-])cc1OC. The number of carbonyl (C=O) groups is 1. The fraction of sp³-hybridized carbons (Fsp3) is 0.174. The number of nitrogens with one attached hydrogen (secondary N) is 1. The number of amides is 1. The maximum atomic E-state index is 13.1. The smallest absolute Gasteiger partial charge is 0.286 e. The van der Waals surface area contributed by atoms with Gasteiger partial charge in [0.2, 0.25) is 5.13 Å². The molecule has 0 spiro atoms. The van der Waals surface area contributed by atoms with E-state index in [1.165, 1.54) is 36.3 Å². The molecule has 1 amide bonds. The summed E-state index contributed by atoms with van der Waals surface area (Å²) in [5.74, 6) is -0.0100. The normalized spacial score (nSPS) is 10.7. The first-order valence-corrected chi connectivity index (χ1v) is 11.0. The van der Waals surface area contributed by atoms with Crippen LogP contribution in [0.3, 0.4) is 0 Å². The molecule has 174 valence electrons. The van der Waals surface area contributed by atoms with Gasteiger partial charge in [0.1, 0.15) is 11.4 Å². The lowest BCUT2D eigenvalue weighted by molar-refractivity contribution is -0.385. The van der Waals surface area contributed by atoms with Crippen LogP contribution >= 0.6 is 11.3 Å². The summed E-state index contributed by atoms with van der Waals surface area (Å²) in [6.45, 7) is 3.79. The van der Waals surface area contributed by atoms with E-state index in [0.717, 1.165) is 22.9 Å². The number of nitrogens with zero attached hydrogens (tertiary/aromatic N) is 4. The summed E-state index contributed by atoms with van der Waals surface area (Å²) < 4.78 is 11.8. The molecule has 0 atom stereocenters. The molecule has 0 saturated heterocycles. The lowest BCUT2D eigenvalue weighted by atomic mass is 10.1. The number of aromatic nitrogens is 3. The molecule has 2 heterocycles. The third kappa shape index (κ3) is 4.46. The maximum absolute atomic E-state index is 13.1. The van der Waals surface area contributed by atoms with Crippen molar-refractivity contribution in [1.82, 2.24) is 14.8 Å². The highest BCUT2D eigenvalue weighted by molar-refractivity contribution is 7.12. The molecule has 4 rings (SSSR count). The minimum absolute atomic E-state index is 0.151. The summed E-state index contributed by atoms with van der Waals surface area (Å²) >= 11 is 1.36. The second kappa shape index (κ2) is 9.32. The van der Waals surface area contributed by atoms with Crippen molar-refractivity contribution in [3.8, 4) is 27.9 Å². The molecule has 0 unspecified atom stereocenters. The van der Waals surface area contributed by atoms with Crippen LogP contribution in [-0.2, 0) is 0 Å². The van der Waals surface area contributed by atoms with Gasteiger partial charge >= 0.3 is 0 Å². The molecule has 0 aliphatic carbocycles. The van der Waals surface area contributed by atoms with Crippen LogP contribution in [0.4, 0.5) is 11.5 Å². The average Bonchev–Trinajstić information content (AvgIpc) is 3.45. The Morgan fingerprint density at radius 3 is 2.41 bits per heavy atom. The third-order valence-electron chi connectivity index (χ3n) is 5.04. The number of aryl methyl sites for hydroxylation is 2. The van der Waals surface area contributed by atoms with Gasteiger partial charge in [0, 0.05) is 23.1 Å². The van der Waals surface area contributed by atoms with E-state index in [9.17, 15) is 14.9 Å². The minimum atomic E-state index is -0.691. The van der Waals surface area contributed by atoms with Crippen molar-refractivity contribution in [2.45, 2.75) is 13.8 Å². The zero-order chi connectivity index (χ0) is 24.4. The Hall–Kier alpha value is -4.25. The number of anilines is 1. The largest absolute Gasteiger partial charge is 0.493 e. The summed E-state index contributed by atoms with van der Waals surface area (Å²) in [5.41, 5.74) is 2.95. The van der Waals surface area contributed by atoms with Gasteiger partial charge in [-0.1, -0.05) is 29.8 Å². The van der Waals surface area contributed by atoms with Crippen molar-refractivity contribution < 1.29 is 19.2 Å². The van der Waals surface area contributed by atoms with E-state index in [2.05, 4.69) is 15.4 Å². The minimum Gasteiger partial charge on any atom is -0.493 e. The Morgan fingerprint density at radius 2 is 1.76 bits per heavy atom. The molecule has 2 aromatic heterocycles. The van der Waals surface area contributed by atoms with Crippen molar-refractivity contribution in [2.24, 2.45) is 0 Å². The van der Waals surface area contributed by atoms with Crippen LogP contribution in [0.1, 0.15) is 21.6 Å². The van der Waals surface area contributed by atoms with Gasteiger partial charge in [0.15, 0.2) is 11.5 Å². The van der Waals surface area contributed by atoms with Crippen LogP contribution in [-0.4, -0.2) is 39.8 Å². The monoisotopic (exact) mass is 479 g/mol. The van der Waals surface area contributed by atoms with Gasteiger partial charge < -0.3 is 14.8 Å². The highest BCUT2D eigenvalue weighted by atomic mass is 32.1. The quantitative estimate of drug-likeness (QED) is 0.299. The molecule has 10 nitrogen and oxygen atoms in total. The number of rotatable bonds is 7. The topological polar surface area (TPSA) is 121 Å². The standard InChI is InChI=1S/C23H21N5O5S/c1-13-5-7-15(8-6-13)17-12-34-23(24-17)27-21(9-14(2)26-27)25-22(29)16-10-19(32-3)20(33-4)11-18(16)28(30)31/h5-12H,1-4H3,(H,25,29). The van der Waals surface area contributed by atoms with Crippen molar-refractivity contribution in [3.05, 3.63) is 74.8 Å². The maximum Gasteiger partial charge on any atom is 0.286 e. The van der Waals surface area contributed by atoms with E-state index in [1.54, 1.807) is 13.0 Å². The van der Waals surface area contributed by atoms with Gasteiger partial charge in [0.25, 0.3) is 11.6 Å². The number of ether oxygens (including phenoxy) is 2. The second-order valence-electron chi connectivity index (χ2n) is 7.40. The van der Waals surface area contributed by atoms with E-state index < -0.39 is 16.5 Å².